The van der Waals surface area contributed by atoms with Crippen LogP contribution in [0, 0.1) is 0 Å². The van der Waals surface area contributed by atoms with Gasteiger partial charge in [0.25, 0.3) is 5.91 Å². The Hall–Kier alpha value is -2.60. The van der Waals surface area contributed by atoms with Crippen LogP contribution in [0.1, 0.15) is 17.3 Å². The van der Waals surface area contributed by atoms with Crippen molar-refractivity contribution in [2.45, 2.75) is 6.92 Å². The highest BCUT2D eigenvalue weighted by Gasteiger charge is 2.17. The van der Waals surface area contributed by atoms with E-state index in [1.165, 1.54) is 0 Å². The molecule has 1 aliphatic heterocycles. The molecule has 0 saturated carbocycles. The summed E-state index contributed by atoms with van der Waals surface area (Å²) in [4.78, 5) is 21.4. The van der Waals surface area contributed by atoms with Gasteiger partial charge in [0.05, 0.1) is 24.6 Å². The van der Waals surface area contributed by atoms with Crippen molar-refractivity contribution in [1.82, 2.24) is 9.88 Å². The van der Waals surface area contributed by atoms with E-state index in [0.717, 1.165) is 49.8 Å². The lowest BCUT2D eigenvalue weighted by molar-refractivity contribution is 0.102. The molecular formula is C19H24N4O2. The summed E-state index contributed by atoms with van der Waals surface area (Å²) in [5, 5.41) is 2.89. The molecule has 1 aliphatic rings. The maximum Gasteiger partial charge on any atom is 0.257 e. The van der Waals surface area contributed by atoms with E-state index in [1.807, 2.05) is 36.5 Å². The third kappa shape index (κ3) is 4.28. The summed E-state index contributed by atoms with van der Waals surface area (Å²) in [6, 6.07) is 9.18. The van der Waals surface area contributed by atoms with Crippen molar-refractivity contribution in [3.05, 3.63) is 48.3 Å². The molecular weight excluding hydrogens is 316 g/mol. The van der Waals surface area contributed by atoms with Crippen molar-refractivity contribution in [2.24, 2.45) is 0 Å². The van der Waals surface area contributed by atoms with Gasteiger partial charge >= 0.3 is 0 Å². The minimum Gasteiger partial charge on any atom is -0.497 e. The largest absolute Gasteiger partial charge is 0.497 e. The number of amides is 1. The number of nitrogens with zero attached hydrogens (tertiary/aromatic N) is 3. The predicted octanol–water partition coefficient (Wildman–Crippen LogP) is 2.48. The van der Waals surface area contributed by atoms with Gasteiger partial charge in [-0.05, 0) is 36.9 Å². The third-order valence-corrected chi connectivity index (χ3v) is 4.52. The van der Waals surface area contributed by atoms with Gasteiger partial charge in [-0.2, -0.15) is 0 Å². The standard InChI is InChI=1S/C19H24N4O2/c1-3-22-8-10-23(11-9-22)17-12-15(13-20-14-17)19(24)21-16-4-6-18(25-2)7-5-16/h4-7,12-14H,3,8-11H2,1-2H3,(H,21,24). The number of anilines is 2. The minimum atomic E-state index is -0.160. The van der Waals surface area contributed by atoms with Gasteiger partial charge in [0.15, 0.2) is 0 Å². The topological polar surface area (TPSA) is 57.7 Å². The molecule has 1 amide bonds. The Morgan fingerprint density at radius 2 is 1.88 bits per heavy atom. The first-order valence-electron chi connectivity index (χ1n) is 8.57. The zero-order chi connectivity index (χ0) is 17.6. The number of likely N-dealkylation sites (N-methyl/N-ethyl adjacent to an activating group) is 1. The van der Waals surface area contributed by atoms with Crippen LogP contribution in [-0.2, 0) is 0 Å². The van der Waals surface area contributed by atoms with Crippen molar-refractivity contribution in [2.75, 3.05) is 50.1 Å². The number of hydrogen-bond acceptors (Lipinski definition) is 5. The van der Waals surface area contributed by atoms with Crippen LogP contribution in [0.5, 0.6) is 5.75 Å². The van der Waals surface area contributed by atoms with Crippen molar-refractivity contribution >= 4 is 17.3 Å². The first-order valence-corrected chi connectivity index (χ1v) is 8.57. The molecule has 0 bridgehead atoms. The van der Waals surface area contributed by atoms with Crippen LogP contribution in [0.25, 0.3) is 0 Å². The zero-order valence-electron chi connectivity index (χ0n) is 14.7. The van der Waals surface area contributed by atoms with E-state index in [1.54, 1.807) is 13.3 Å². The summed E-state index contributed by atoms with van der Waals surface area (Å²) >= 11 is 0. The van der Waals surface area contributed by atoms with E-state index in [9.17, 15) is 4.79 Å². The third-order valence-electron chi connectivity index (χ3n) is 4.52. The second kappa shape index (κ2) is 7.98. The van der Waals surface area contributed by atoms with Crippen LogP contribution in [0.4, 0.5) is 11.4 Å². The summed E-state index contributed by atoms with van der Waals surface area (Å²) < 4.78 is 5.13. The number of piperazine rings is 1. The molecule has 1 N–H and O–H groups in total. The molecule has 2 heterocycles. The molecule has 1 aromatic carbocycles. The molecule has 0 aliphatic carbocycles. The Kier molecular flexibility index (Phi) is 5.50. The number of carbonyl (C=O) groups is 1. The van der Waals surface area contributed by atoms with E-state index in [0.29, 0.717) is 5.56 Å². The van der Waals surface area contributed by atoms with Gasteiger partial charge in [-0.1, -0.05) is 6.92 Å². The normalized spacial score (nSPS) is 15.0. The number of methoxy groups -OCH3 is 1. The van der Waals surface area contributed by atoms with E-state index in [2.05, 4.69) is 27.0 Å². The molecule has 0 spiro atoms. The number of aromatic nitrogens is 1. The molecule has 1 fully saturated rings. The monoisotopic (exact) mass is 340 g/mol. The fraction of sp³-hybridized carbons (Fsp3) is 0.368. The first kappa shape index (κ1) is 17.2. The van der Waals surface area contributed by atoms with Gasteiger partial charge in [-0.3, -0.25) is 9.78 Å². The first-order chi connectivity index (χ1) is 12.2. The highest BCUT2D eigenvalue weighted by Crippen LogP contribution is 2.19. The number of carbonyl (C=O) groups excluding carboxylic acids is 1. The molecule has 6 nitrogen and oxygen atoms in total. The Balaban J connectivity index is 1.67. The van der Waals surface area contributed by atoms with Gasteiger partial charge in [0.1, 0.15) is 5.75 Å². The van der Waals surface area contributed by atoms with Crippen molar-refractivity contribution in [3.63, 3.8) is 0 Å². The van der Waals surface area contributed by atoms with Crippen LogP contribution in [0.3, 0.4) is 0 Å². The number of pyridine rings is 1. The SMILES string of the molecule is CCN1CCN(c2cncc(C(=O)Nc3ccc(OC)cc3)c2)CC1. The molecule has 2 aromatic rings. The van der Waals surface area contributed by atoms with E-state index in [-0.39, 0.29) is 5.91 Å². The molecule has 0 radical (unpaired) electrons. The van der Waals surface area contributed by atoms with Crippen LogP contribution in [0.2, 0.25) is 0 Å². The molecule has 25 heavy (non-hydrogen) atoms. The lowest BCUT2D eigenvalue weighted by atomic mass is 10.2. The van der Waals surface area contributed by atoms with E-state index >= 15 is 0 Å². The molecule has 3 rings (SSSR count). The fourth-order valence-electron chi connectivity index (χ4n) is 2.92. The summed E-state index contributed by atoms with van der Waals surface area (Å²) in [5.41, 5.74) is 2.29. The number of benzene rings is 1. The van der Waals surface area contributed by atoms with Crippen molar-refractivity contribution in [1.29, 1.82) is 0 Å². The van der Waals surface area contributed by atoms with Gasteiger partial charge in [0.2, 0.25) is 0 Å². The van der Waals surface area contributed by atoms with Gasteiger partial charge in [-0.15, -0.1) is 0 Å². The second-order valence-electron chi connectivity index (χ2n) is 6.04. The average Bonchev–Trinajstić information content (AvgIpc) is 2.68. The zero-order valence-corrected chi connectivity index (χ0v) is 14.7. The maximum atomic E-state index is 12.5. The van der Waals surface area contributed by atoms with Crippen LogP contribution >= 0.6 is 0 Å². The summed E-state index contributed by atoms with van der Waals surface area (Å²) in [7, 11) is 1.62. The van der Waals surface area contributed by atoms with Crippen LogP contribution < -0.4 is 15.0 Å². The Labute approximate surface area is 148 Å². The molecule has 6 heteroatoms. The lowest BCUT2D eigenvalue weighted by Gasteiger charge is -2.35. The van der Waals surface area contributed by atoms with Crippen LogP contribution in [-0.4, -0.2) is 55.6 Å². The van der Waals surface area contributed by atoms with Gasteiger partial charge in [-0.25, -0.2) is 0 Å². The summed E-state index contributed by atoms with van der Waals surface area (Å²) in [6.07, 6.45) is 3.43. The molecule has 0 atom stereocenters. The lowest BCUT2D eigenvalue weighted by Crippen LogP contribution is -2.46. The Morgan fingerprint density at radius 3 is 2.52 bits per heavy atom. The highest BCUT2D eigenvalue weighted by molar-refractivity contribution is 6.04. The smallest absolute Gasteiger partial charge is 0.257 e. The quantitative estimate of drug-likeness (QED) is 0.906. The fourth-order valence-corrected chi connectivity index (χ4v) is 2.92. The number of nitrogens with one attached hydrogen (secondary N) is 1. The molecule has 1 aromatic heterocycles. The van der Waals surface area contributed by atoms with Gasteiger partial charge < -0.3 is 19.9 Å². The number of rotatable bonds is 5. The summed E-state index contributed by atoms with van der Waals surface area (Å²) in [5.74, 6) is 0.597. The van der Waals surface area contributed by atoms with E-state index < -0.39 is 0 Å². The molecule has 1 saturated heterocycles. The van der Waals surface area contributed by atoms with Gasteiger partial charge in [0, 0.05) is 38.1 Å². The predicted molar refractivity (Wildman–Crippen MR) is 99.5 cm³/mol. The van der Waals surface area contributed by atoms with E-state index in [4.69, 9.17) is 4.74 Å². The number of hydrogen-bond donors (Lipinski definition) is 1. The summed E-state index contributed by atoms with van der Waals surface area (Å²) in [6.45, 7) is 7.26. The number of ether oxygens (including phenoxy) is 1. The molecule has 0 unspecified atom stereocenters. The van der Waals surface area contributed by atoms with Crippen molar-refractivity contribution in [3.8, 4) is 5.75 Å². The van der Waals surface area contributed by atoms with Crippen molar-refractivity contribution < 1.29 is 9.53 Å². The molecule has 132 valence electrons. The van der Waals surface area contributed by atoms with Crippen LogP contribution in [0.15, 0.2) is 42.7 Å². The second-order valence-corrected chi connectivity index (χ2v) is 6.04. The minimum absolute atomic E-state index is 0.160. The highest BCUT2D eigenvalue weighted by atomic mass is 16.5. The Bertz CT molecular complexity index is 710. The average molecular weight is 340 g/mol. The maximum absolute atomic E-state index is 12.5. The Morgan fingerprint density at radius 1 is 1.16 bits per heavy atom.